The summed E-state index contributed by atoms with van der Waals surface area (Å²) in [5.41, 5.74) is 1.87. The molecule has 0 aliphatic carbocycles. The van der Waals surface area contributed by atoms with Crippen molar-refractivity contribution in [1.29, 1.82) is 0 Å². The van der Waals surface area contributed by atoms with Crippen LogP contribution in [0.25, 0.3) is 10.8 Å². The van der Waals surface area contributed by atoms with Crippen molar-refractivity contribution in [3.05, 3.63) is 77.9 Å². The topological polar surface area (TPSA) is 41.6 Å². The fourth-order valence-electron chi connectivity index (χ4n) is 4.61. The number of carbonyl (C=O) groups is 1. The molecule has 4 rings (SSSR count). The zero-order chi connectivity index (χ0) is 23.0. The number of fused-ring (bicyclic) bond motifs is 1. The molecule has 0 saturated carbocycles. The molecule has 4 nitrogen and oxygen atoms in total. The summed E-state index contributed by atoms with van der Waals surface area (Å²) in [6.45, 7) is 7.81. The third-order valence-electron chi connectivity index (χ3n) is 6.62. The first-order valence-corrected chi connectivity index (χ1v) is 12.3. The maximum Gasteiger partial charge on any atom is 0.254 e. The van der Waals surface area contributed by atoms with E-state index in [1.54, 1.807) is 0 Å². The number of nitrogens with one attached hydrogen (secondary N) is 1. The summed E-state index contributed by atoms with van der Waals surface area (Å²) in [7, 11) is 0. The van der Waals surface area contributed by atoms with Crippen molar-refractivity contribution in [2.45, 2.75) is 52.1 Å². The van der Waals surface area contributed by atoms with Crippen LogP contribution in [0.5, 0.6) is 5.75 Å². The molecule has 1 aliphatic rings. The Hall–Kier alpha value is -2.85. The van der Waals surface area contributed by atoms with E-state index in [-0.39, 0.29) is 11.9 Å². The quantitative estimate of drug-likeness (QED) is 0.409. The van der Waals surface area contributed by atoms with Crippen LogP contribution in [0.15, 0.2) is 66.7 Å². The number of benzene rings is 3. The Morgan fingerprint density at radius 1 is 1.00 bits per heavy atom. The molecule has 0 aromatic heterocycles. The minimum atomic E-state index is 0.0639. The number of hydrogen-bond donors (Lipinski definition) is 1. The van der Waals surface area contributed by atoms with E-state index >= 15 is 0 Å². The molecule has 0 spiro atoms. The summed E-state index contributed by atoms with van der Waals surface area (Å²) < 4.78 is 6.03. The summed E-state index contributed by atoms with van der Waals surface area (Å²) in [5.74, 6) is 1.81. The minimum absolute atomic E-state index is 0.0639. The Bertz CT molecular complexity index is 1040. The highest BCUT2D eigenvalue weighted by atomic mass is 16.5. The highest BCUT2D eigenvalue weighted by Crippen LogP contribution is 2.24. The zero-order valence-corrected chi connectivity index (χ0v) is 19.9. The van der Waals surface area contributed by atoms with E-state index in [0.29, 0.717) is 6.54 Å². The van der Waals surface area contributed by atoms with Crippen LogP contribution in [0.3, 0.4) is 0 Å². The number of rotatable bonds is 9. The Labute approximate surface area is 197 Å². The van der Waals surface area contributed by atoms with Gasteiger partial charge in [-0.15, -0.1) is 0 Å². The van der Waals surface area contributed by atoms with Crippen LogP contribution in [0, 0.1) is 5.92 Å². The second-order valence-electron chi connectivity index (χ2n) is 9.42. The van der Waals surface area contributed by atoms with Gasteiger partial charge >= 0.3 is 0 Å². The van der Waals surface area contributed by atoms with Crippen LogP contribution in [0.1, 0.15) is 55.5 Å². The van der Waals surface area contributed by atoms with Gasteiger partial charge in [0.2, 0.25) is 0 Å². The van der Waals surface area contributed by atoms with Crippen molar-refractivity contribution in [2.75, 3.05) is 19.7 Å². The minimum Gasteiger partial charge on any atom is -0.494 e. The molecule has 1 saturated heterocycles. The maximum absolute atomic E-state index is 13.3. The van der Waals surface area contributed by atoms with Crippen molar-refractivity contribution >= 4 is 16.7 Å². The molecule has 3 aromatic rings. The Kier molecular flexibility index (Phi) is 8.01. The number of amides is 1. The summed E-state index contributed by atoms with van der Waals surface area (Å²) in [6, 6.07) is 22.4. The molecule has 33 heavy (non-hydrogen) atoms. The van der Waals surface area contributed by atoms with E-state index in [1.165, 1.54) is 19.3 Å². The number of hydrogen-bond acceptors (Lipinski definition) is 3. The third-order valence-corrected chi connectivity index (χ3v) is 6.62. The van der Waals surface area contributed by atoms with Gasteiger partial charge in [-0.2, -0.15) is 0 Å². The molecule has 3 aromatic carbocycles. The smallest absolute Gasteiger partial charge is 0.254 e. The normalized spacial score (nSPS) is 14.5. The van der Waals surface area contributed by atoms with Crippen molar-refractivity contribution in [1.82, 2.24) is 10.2 Å². The summed E-state index contributed by atoms with van der Waals surface area (Å²) in [5, 5.41) is 5.59. The highest BCUT2D eigenvalue weighted by Gasteiger charge is 2.19. The molecule has 0 unspecified atom stereocenters. The van der Waals surface area contributed by atoms with Gasteiger partial charge < -0.3 is 15.0 Å². The predicted molar refractivity (Wildman–Crippen MR) is 136 cm³/mol. The predicted octanol–water partition coefficient (Wildman–Crippen LogP) is 6.05. The Balaban J connectivity index is 1.38. The average Bonchev–Trinajstić information content (AvgIpc) is 2.85. The van der Waals surface area contributed by atoms with Crippen molar-refractivity contribution in [3.63, 3.8) is 0 Å². The van der Waals surface area contributed by atoms with E-state index in [1.807, 2.05) is 47.4 Å². The number of piperidine rings is 1. The molecule has 1 N–H and O–H groups in total. The van der Waals surface area contributed by atoms with Crippen LogP contribution < -0.4 is 10.1 Å². The standard InChI is InChI=1S/C29H36N2O2/c1-22(2)31(21-24-7-4-3-5-8-24)29(32)27-11-10-26-20-28(13-12-25(26)19-27)33-18-6-9-23-14-16-30-17-15-23/h3-5,7-8,10-13,19-20,22-23,30H,6,9,14-18,21H2,1-2H3. The first-order valence-electron chi connectivity index (χ1n) is 12.3. The number of ether oxygens (including phenoxy) is 1. The van der Waals surface area contributed by atoms with E-state index in [0.717, 1.165) is 59.7 Å². The average molecular weight is 445 g/mol. The summed E-state index contributed by atoms with van der Waals surface area (Å²) in [4.78, 5) is 15.2. The molecule has 1 aliphatic heterocycles. The summed E-state index contributed by atoms with van der Waals surface area (Å²) in [6.07, 6.45) is 4.92. The molecule has 1 heterocycles. The molecule has 4 heteroatoms. The van der Waals surface area contributed by atoms with E-state index in [2.05, 4.69) is 43.4 Å². The van der Waals surface area contributed by atoms with Crippen LogP contribution >= 0.6 is 0 Å². The van der Waals surface area contributed by atoms with Gasteiger partial charge in [0.1, 0.15) is 5.75 Å². The van der Waals surface area contributed by atoms with Crippen LogP contribution in [0.2, 0.25) is 0 Å². The lowest BCUT2D eigenvalue weighted by Gasteiger charge is -2.27. The molecule has 0 bridgehead atoms. The first-order chi connectivity index (χ1) is 16.1. The van der Waals surface area contributed by atoms with Gasteiger partial charge in [-0.25, -0.2) is 0 Å². The van der Waals surface area contributed by atoms with Gasteiger partial charge in [-0.3, -0.25) is 4.79 Å². The van der Waals surface area contributed by atoms with Gasteiger partial charge in [-0.1, -0.05) is 42.5 Å². The molecular weight excluding hydrogens is 408 g/mol. The van der Waals surface area contributed by atoms with Gasteiger partial charge in [0.15, 0.2) is 0 Å². The lowest BCUT2D eigenvalue weighted by molar-refractivity contribution is 0.0690. The zero-order valence-electron chi connectivity index (χ0n) is 19.9. The van der Waals surface area contributed by atoms with Crippen LogP contribution in [-0.4, -0.2) is 36.5 Å². The summed E-state index contributed by atoms with van der Waals surface area (Å²) >= 11 is 0. The Morgan fingerprint density at radius 2 is 1.73 bits per heavy atom. The molecule has 174 valence electrons. The highest BCUT2D eigenvalue weighted by molar-refractivity contribution is 5.99. The molecule has 1 fully saturated rings. The largest absolute Gasteiger partial charge is 0.494 e. The lowest BCUT2D eigenvalue weighted by atomic mass is 9.93. The number of carbonyl (C=O) groups excluding carboxylic acids is 1. The first kappa shape index (κ1) is 23.3. The maximum atomic E-state index is 13.3. The molecule has 0 atom stereocenters. The van der Waals surface area contributed by atoms with Gasteiger partial charge in [-0.05, 0) is 99.1 Å². The molecule has 0 radical (unpaired) electrons. The van der Waals surface area contributed by atoms with Crippen molar-refractivity contribution < 1.29 is 9.53 Å². The fraction of sp³-hybridized carbons (Fsp3) is 0.414. The second kappa shape index (κ2) is 11.3. The van der Waals surface area contributed by atoms with E-state index in [4.69, 9.17) is 4.74 Å². The molecular formula is C29H36N2O2. The van der Waals surface area contributed by atoms with Crippen molar-refractivity contribution in [3.8, 4) is 5.75 Å². The van der Waals surface area contributed by atoms with Crippen molar-refractivity contribution in [2.24, 2.45) is 5.92 Å². The van der Waals surface area contributed by atoms with Gasteiger partial charge in [0.25, 0.3) is 5.91 Å². The second-order valence-corrected chi connectivity index (χ2v) is 9.42. The van der Waals surface area contributed by atoms with Crippen LogP contribution in [0.4, 0.5) is 0 Å². The lowest BCUT2D eigenvalue weighted by Crippen LogP contribution is -2.36. The number of nitrogens with zero attached hydrogens (tertiary/aromatic N) is 1. The van der Waals surface area contributed by atoms with Gasteiger partial charge in [0.05, 0.1) is 6.61 Å². The monoisotopic (exact) mass is 444 g/mol. The van der Waals surface area contributed by atoms with E-state index in [9.17, 15) is 4.79 Å². The molecule has 1 amide bonds. The Morgan fingerprint density at radius 3 is 2.48 bits per heavy atom. The van der Waals surface area contributed by atoms with Gasteiger partial charge in [0, 0.05) is 18.2 Å². The SMILES string of the molecule is CC(C)N(Cc1ccccc1)C(=O)c1ccc2cc(OCCCC3CCNCC3)ccc2c1. The van der Waals surface area contributed by atoms with Crippen LogP contribution in [-0.2, 0) is 6.54 Å². The third kappa shape index (κ3) is 6.35. The van der Waals surface area contributed by atoms with E-state index < -0.39 is 0 Å². The fourth-order valence-corrected chi connectivity index (χ4v) is 4.61.